The summed E-state index contributed by atoms with van der Waals surface area (Å²) in [6.45, 7) is 5.37. The van der Waals surface area contributed by atoms with Gasteiger partial charge in [0.1, 0.15) is 0 Å². The van der Waals surface area contributed by atoms with Gasteiger partial charge in [-0.1, -0.05) is 36.8 Å². The zero-order chi connectivity index (χ0) is 18.0. The van der Waals surface area contributed by atoms with Gasteiger partial charge in [-0.2, -0.15) is 13.4 Å². The molecule has 0 fully saturated rings. The quantitative estimate of drug-likeness (QED) is 0.475. The number of guanidine groups is 1. The topological polar surface area (TPSA) is 116 Å². The Morgan fingerprint density at radius 2 is 1.71 bits per heavy atom. The van der Waals surface area contributed by atoms with Crippen LogP contribution in [0.5, 0.6) is 0 Å². The molecular weight excluding hydrogens is 326 g/mol. The third kappa shape index (κ3) is 3.46. The summed E-state index contributed by atoms with van der Waals surface area (Å²) in [7, 11) is -2.48. The fourth-order valence-electron chi connectivity index (χ4n) is 2.73. The molecule has 1 unspecified atom stereocenters. The molecule has 0 aliphatic heterocycles. The average molecular weight is 345 g/mol. The summed E-state index contributed by atoms with van der Waals surface area (Å²) in [5, 5.41) is 0. The first kappa shape index (κ1) is 17.7. The standard InChI is InChI=1S/C17H19N3O3S/c1-9-4-6-12(7-5-9)14-10(2)8-13(16(21)20-17(18)19)11(3)15(14)24(22)23/h4-8,11H,1-3H3,(H4,18,19,20,21). The Balaban J connectivity index is 2.71. The molecule has 24 heavy (non-hydrogen) atoms. The highest BCUT2D eigenvalue weighted by Gasteiger charge is 2.30. The fraction of sp³-hybridized carbons (Fsp3) is 0.235. The van der Waals surface area contributed by atoms with Crippen LogP contribution in [0.2, 0.25) is 0 Å². The number of carbonyl (C=O) groups excluding carboxylic acids is 1. The molecule has 2 rings (SSSR count). The van der Waals surface area contributed by atoms with Crippen LogP contribution in [-0.2, 0) is 15.1 Å². The first-order valence-electron chi connectivity index (χ1n) is 7.32. The van der Waals surface area contributed by atoms with E-state index >= 15 is 0 Å². The highest BCUT2D eigenvalue weighted by molar-refractivity contribution is 7.74. The van der Waals surface area contributed by atoms with Crippen molar-refractivity contribution in [3.63, 3.8) is 0 Å². The Morgan fingerprint density at radius 3 is 2.21 bits per heavy atom. The molecule has 1 aliphatic rings. The normalized spacial score (nSPS) is 17.4. The van der Waals surface area contributed by atoms with Gasteiger partial charge in [0.2, 0.25) is 10.3 Å². The van der Waals surface area contributed by atoms with Gasteiger partial charge >= 0.3 is 0 Å². The Bertz CT molecular complexity index is 908. The van der Waals surface area contributed by atoms with Gasteiger partial charge in [0.05, 0.1) is 4.86 Å². The van der Waals surface area contributed by atoms with E-state index in [0.29, 0.717) is 11.1 Å². The zero-order valence-corrected chi connectivity index (χ0v) is 14.5. The number of hydrogen-bond acceptors (Lipinski definition) is 3. The van der Waals surface area contributed by atoms with Gasteiger partial charge in [-0.25, -0.2) is 0 Å². The molecule has 1 aromatic rings. The second kappa shape index (κ2) is 6.84. The molecule has 7 heteroatoms. The lowest BCUT2D eigenvalue weighted by atomic mass is 9.81. The summed E-state index contributed by atoms with van der Waals surface area (Å²) in [5.74, 6) is -1.63. The van der Waals surface area contributed by atoms with Crippen LogP contribution < -0.4 is 11.5 Å². The number of rotatable bonds is 2. The van der Waals surface area contributed by atoms with Crippen LogP contribution in [0, 0.1) is 12.8 Å². The van der Waals surface area contributed by atoms with Crippen LogP contribution in [0.25, 0.3) is 5.57 Å². The maximum absolute atomic E-state index is 12.2. The number of hydrogen-bond donors (Lipinski definition) is 2. The van der Waals surface area contributed by atoms with E-state index in [0.717, 1.165) is 11.1 Å². The lowest BCUT2D eigenvalue weighted by molar-refractivity contribution is -0.114. The Labute approximate surface area is 142 Å². The summed E-state index contributed by atoms with van der Waals surface area (Å²) in [4.78, 5) is 15.8. The van der Waals surface area contributed by atoms with E-state index in [1.165, 1.54) is 0 Å². The van der Waals surface area contributed by atoms with Crippen molar-refractivity contribution in [2.24, 2.45) is 22.4 Å². The van der Waals surface area contributed by atoms with Crippen molar-refractivity contribution < 1.29 is 13.2 Å². The zero-order valence-electron chi connectivity index (χ0n) is 13.7. The van der Waals surface area contributed by atoms with Crippen molar-refractivity contribution in [2.75, 3.05) is 0 Å². The highest BCUT2D eigenvalue weighted by Crippen LogP contribution is 2.33. The van der Waals surface area contributed by atoms with Crippen molar-refractivity contribution in [1.82, 2.24) is 0 Å². The number of aliphatic imine (C=N–C) groups is 1. The largest absolute Gasteiger partial charge is 0.370 e. The molecule has 1 atom stereocenters. The van der Waals surface area contributed by atoms with Gasteiger partial charge in [-0.15, -0.1) is 0 Å². The minimum absolute atomic E-state index is 0.160. The second-order valence-electron chi connectivity index (χ2n) is 5.69. The lowest BCUT2D eigenvalue weighted by Crippen LogP contribution is -2.28. The van der Waals surface area contributed by atoms with Gasteiger partial charge < -0.3 is 11.5 Å². The third-order valence-electron chi connectivity index (χ3n) is 3.87. The maximum atomic E-state index is 12.2. The predicted molar refractivity (Wildman–Crippen MR) is 95.8 cm³/mol. The summed E-state index contributed by atoms with van der Waals surface area (Å²) >= 11 is 0. The van der Waals surface area contributed by atoms with Gasteiger partial charge in [0, 0.05) is 17.1 Å². The van der Waals surface area contributed by atoms with Crippen molar-refractivity contribution in [3.8, 4) is 0 Å². The first-order chi connectivity index (χ1) is 11.2. The number of nitrogens with two attached hydrogens (primary N) is 2. The summed E-state index contributed by atoms with van der Waals surface area (Å²) in [6, 6.07) is 7.56. The number of carbonyl (C=O) groups is 1. The minimum Gasteiger partial charge on any atom is -0.370 e. The van der Waals surface area contributed by atoms with E-state index in [2.05, 4.69) is 4.99 Å². The maximum Gasteiger partial charge on any atom is 0.276 e. The Hall–Kier alpha value is -2.67. The van der Waals surface area contributed by atoms with Gasteiger partial charge in [-0.05, 0) is 31.1 Å². The Kier molecular flexibility index (Phi) is 5.04. The highest BCUT2D eigenvalue weighted by atomic mass is 32.2. The summed E-state index contributed by atoms with van der Waals surface area (Å²) < 4.78 is 23.7. The minimum atomic E-state index is -2.48. The molecule has 0 saturated heterocycles. The molecule has 6 nitrogen and oxygen atoms in total. The third-order valence-corrected chi connectivity index (χ3v) is 4.79. The molecule has 0 aromatic heterocycles. The van der Waals surface area contributed by atoms with Crippen LogP contribution in [0.4, 0.5) is 0 Å². The van der Waals surface area contributed by atoms with Crippen molar-refractivity contribution in [2.45, 2.75) is 20.8 Å². The molecule has 0 saturated carbocycles. The van der Waals surface area contributed by atoms with Crippen molar-refractivity contribution in [1.29, 1.82) is 0 Å². The molecule has 0 bridgehead atoms. The summed E-state index contributed by atoms with van der Waals surface area (Å²) in [5.41, 5.74) is 13.9. The van der Waals surface area contributed by atoms with Crippen molar-refractivity contribution in [3.05, 3.63) is 52.6 Å². The van der Waals surface area contributed by atoms with Crippen LogP contribution in [0.15, 0.2) is 46.5 Å². The number of allylic oxidation sites excluding steroid dienone is 3. The molecule has 0 spiro atoms. The monoisotopic (exact) mass is 345 g/mol. The second-order valence-corrected chi connectivity index (χ2v) is 6.60. The number of amides is 1. The summed E-state index contributed by atoms with van der Waals surface area (Å²) in [6.07, 6.45) is 1.64. The van der Waals surface area contributed by atoms with E-state index in [1.54, 1.807) is 19.9 Å². The van der Waals surface area contributed by atoms with E-state index in [9.17, 15) is 13.2 Å². The SMILES string of the molecule is CC1=C(c2ccc(C)cc2)C(=S(=O)=O)C(C)C(C(=O)N=C(N)N)=C1. The number of benzene rings is 1. The molecular formula is C17H19N3O3S. The van der Waals surface area contributed by atoms with Crippen molar-refractivity contribution >= 4 is 32.6 Å². The molecule has 4 N–H and O–H groups in total. The van der Waals surface area contributed by atoms with Crippen LogP contribution >= 0.6 is 0 Å². The van der Waals surface area contributed by atoms with Crippen LogP contribution in [0.3, 0.4) is 0 Å². The molecule has 1 aliphatic carbocycles. The van der Waals surface area contributed by atoms with E-state index in [1.807, 2.05) is 31.2 Å². The van der Waals surface area contributed by atoms with Crippen LogP contribution in [-0.4, -0.2) is 25.1 Å². The van der Waals surface area contributed by atoms with E-state index in [4.69, 9.17) is 11.5 Å². The fourth-order valence-corrected chi connectivity index (χ4v) is 3.59. The molecule has 1 amide bonds. The molecule has 0 radical (unpaired) electrons. The molecule has 0 heterocycles. The predicted octanol–water partition coefficient (Wildman–Crippen LogP) is 1.20. The first-order valence-corrected chi connectivity index (χ1v) is 8.39. The smallest absolute Gasteiger partial charge is 0.276 e. The molecule has 1 aromatic carbocycles. The van der Waals surface area contributed by atoms with Gasteiger partial charge in [0.15, 0.2) is 5.96 Å². The van der Waals surface area contributed by atoms with E-state index in [-0.39, 0.29) is 16.4 Å². The average Bonchev–Trinajstić information content (AvgIpc) is 2.48. The molecule has 126 valence electrons. The lowest BCUT2D eigenvalue weighted by Gasteiger charge is -2.23. The van der Waals surface area contributed by atoms with Gasteiger partial charge in [-0.3, -0.25) is 4.79 Å². The number of nitrogens with zero attached hydrogens (tertiary/aromatic N) is 1. The van der Waals surface area contributed by atoms with E-state index < -0.39 is 22.1 Å². The Morgan fingerprint density at radius 1 is 1.12 bits per heavy atom. The van der Waals surface area contributed by atoms with Crippen LogP contribution in [0.1, 0.15) is 25.0 Å². The van der Waals surface area contributed by atoms with Gasteiger partial charge in [0.25, 0.3) is 5.91 Å². The number of aryl methyl sites for hydroxylation is 1.